The molecule has 1 aliphatic carbocycles. The molecule has 1 saturated carbocycles. The lowest BCUT2D eigenvalue weighted by molar-refractivity contribution is 0.0101. The van der Waals surface area contributed by atoms with Gasteiger partial charge in [-0.3, -0.25) is 4.90 Å². The first-order valence-corrected chi connectivity index (χ1v) is 8.86. The maximum absolute atomic E-state index is 6.31. The zero-order chi connectivity index (χ0) is 16.0. The Balaban J connectivity index is 2.76. The monoisotopic (exact) mass is 298 g/mol. The van der Waals surface area contributed by atoms with E-state index < -0.39 is 0 Å². The topological polar surface area (TPSA) is 38.5 Å². The van der Waals surface area contributed by atoms with Crippen molar-refractivity contribution in [1.29, 1.82) is 0 Å². The lowest BCUT2D eigenvalue weighted by atomic mass is 9.61. The largest absolute Gasteiger partial charge is 0.383 e. The molecule has 1 rings (SSSR count). The standard InChI is InChI=1S/C18H38N2O/c1-7-16(8-2)20(11-12-21-6)13-15-9-10-17(19)14(3)18(15,4)5/h14-17H,7-13,19H2,1-6H3. The average Bonchev–Trinajstić information content (AvgIpc) is 2.46. The van der Waals surface area contributed by atoms with Crippen molar-refractivity contribution in [2.75, 3.05) is 26.8 Å². The van der Waals surface area contributed by atoms with Gasteiger partial charge in [-0.2, -0.15) is 0 Å². The SMILES string of the molecule is CCC(CC)N(CCOC)CC1CCC(N)C(C)C1(C)C. The molecule has 0 saturated heterocycles. The summed E-state index contributed by atoms with van der Waals surface area (Å²) < 4.78 is 5.33. The molecule has 0 aliphatic heterocycles. The molecule has 0 spiro atoms. The van der Waals surface area contributed by atoms with E-state index >= 15 is 0 Å². The van der Waals surface area contributed by atoms with Crippen LogP contribution in [0.1, 0.15) is 60.3 Å². The van der Waals surface area contributed by atoms with Crippen LogP contribution in [0, 0.1) is 17.3 Å². The van der Waals surface area contributed by atoms with Gasteiger partial charge in [-0.05, 0) is 42.9 Å². The highest BCUT2D eigenvalue weighted by Gasteiger charge is 2.42. The van der Waals surface area contributed by atoms with Gasteiger partial charge in [0.25, 0.3) is 0 Å². The molecule has 3 unspecified atom stereocenters. The molecule has 1 fully saturated rings. The van der Waals surface area contributed by atoms with Crippen LogP contribution in [0.15, 0.2) is 0 Å². The first kappa shape index (κ1) is 18.9. The van der Waals surface area contributed by atoms with Crippen LogP contribution in [0.4, 0.5) is 0 Å². The molecule has 0 aromatic rings. The molecule has 0 aromatic carbocycles. The van der Waals surface area contributed by atoms with Gasteiger partial charge in [0.15, 0.2) is 0 Å². The van der Waals surface area contributed by atoms with Gasteiger partial charge in [0.2, 0.25) is 0 Å². The Morgan fingerprint density at radius 3 is 2.38 bits per heavy atom. The highest BCUT2D eigenvalue weighted by atomic mass is 16.5. The zero-order valence-electron chi connectivity index (χ0n) is 15.2. The van der Waals surface area contributed by atoms with Gasteiger partial charge in [-0.1, -0.05) is 34.6 Å². The Labute approximate surface area is 132 Å². The van der Waals surface area contributed by atoms with E-state index in [1.54, 1.807) is 7.11 Å². The van der Waals surface area contributed by atoms with Crippen LogP contribution in [-0.4, -0.2) is 43.8 Å². The fraction of sp³-hybridized carbons (Fsp3) is 1.00. The van der Waals surface area contributed by atoms with E-state index in [0.29, 0.717) is 23.4 Å². The molecule has 3 heteroatoms. The van der Waals surface area contributed by atoms with Crippen LogP contribution < -0.4 is 5.73 Å². The summed E-state index contributed by atoms with van der Waals surface area (Å²) >= 11 is 0. The normalized spacial score (nSPS) is 29.3. The summed E-state index contributed by atoms with van der Waals surface area (Å²) in [5.74, 6) is 1.34. The Morgan fingerprint density at radius 1 is 1.24 bits per heavy atom. The van der Waals surface area contributed by atoms with Crippen molar-refractivity contribution in [1.82, 2.24) is 4.90 Å². The number of methoxy groups -OCH3 is 1. The Hall–Kier alpha value is -0.120. The van der Waals surface area contributed by atoms with Crippen LogP contribution in [0.25, 0.3) is 0 Å². The summed E-state index contributed by atoms with van der Waals surface area (Å²) in [5.41, 5.74) is 6.63. The van der Waals surface area contributed by atoms with Crippen molar-refractivity contribution in [3.05, 3.63) is 0 Å². The predicted octanol–water partition coefficient (Wildman–Crippen LogP) is 3.52. The number of rotatable bonds is 8. The lowest BCUT2D eigenvalue weighted by Crippen LogP contribution is -2.51. The van der Waals surface area contributed by atoms with E-state index in [1.165, 1.54) is 32.2 Å². The van der Waals surface area contributed by atoms with Gasteiger partial charge < -0.3 is 10.5 Å². The minimum atomic E-state index is 0.328. The van der Waals surface area contributed by atoms with Crippen molar-refractivity contribution in [3.8, 4) is 0 Å². The molecule has 0 bridgehead atoms. The third kappa shape index (κ3) is 4.67. The van der Waals surface area contributed by atoms with Gasteiger partial charge in [0.05, 0.1) is 6.61 Å². The van der Waals surface area contributed by atoms with E-state index in [2.05, 4.69) is 39.5 Å². The lowest BCUT2D eigenvalue weighted by Gasteiger charge is -2.49. The van der Waals surface area contributed by atoms with Crippen molar-refractivity contribution < 1.29 is 4.74 Å². The molecule has 3 nitrogen and oxygen atoms in total. The number of nitrogens with two attached hydrogens (primary N) is 1. The van der Waals surface area contributed by atoms with Gasteiger partial charge in [-0.25, -0.2) is 0 Å². The van der Waals surface area contributed by atoms with Crippen LogP contribution in [0.3, 0.4) is 0 Å². The summed E-state index contributed by atoms with van der Waals surface area (Å²) in [6.45, 7) is 14.9. The summed E-state index contributed by atoms with van der Waals surface area (Å²) in [4.78, 5) is 2.67. The molecule has 2 N–H and O–H groups in total. The van der Waals surface area contributed by atoms with Crippen LogP contribution >= 0.6 is 0 Å². The molecule has 0 radical (unpaired) electrons. The van der Waals surface area contributed by atoms with E-state index in [4.69, 9.17) is 10.5 Å². The number of hydrogen-bond donors (Lipinski definition) is 1. The molecule has 0 heterocycles. The van der Waals surface area contributed by atoms with Gasteiger partial charge in [0.1, 0.15) is 0 Å². The Bertz CT molecular complexity index is 289. The third-order valence-corrected chi connectivity index (χ3v) is 6.21. The van der Waals surface area contributed by atoms with Gasteiger partial charge in [-0.15, -0.1) is 0 Å². The van der Waals surface area contributed by atoms with Crippen LogP contribution in [-0.2, 0) is 4.74 Å². The van der Waals surface area contributed by atoms with Crippen molar-refractivity contribution in [2.45, 2.75) is 72.4 Å². The highest BCUT2D eigenvalue weighted by molar-refractivity contribution is 4.94. The number of ether oxygens (including phenoxy) is 1. The zero-order valence-corrected chi connectivity index (χ0v) is 15.2. The summed E-state index contributed by atoms with van der Waals surface area (Å²) in [6.07, 6.45) is 4.89. The molecule has 21 heavy (non-hydrogen) atoms. The second-order valence-electron chi connectivity index (χ2n) is 7.51. The molecule has 3 atom stereocenters. The summed E-state index contributed by atoms with van der Waals surface area (Å²) in [5, 5.41) is 0. The molecular weight excluding hydrogens is 260 g/mol. The van der Waals surface area contributed by atoms with Crippen molar-refractivity contribution >= 4 is 0 Å². The minimum absolute atomic E-state index is 0.328. The van der Waals surface area contributed by atoms with E-state index in [0.717, 1.165) is 19.1 Å². The minimum Gasteiger partial charge on any atom is -0.383 e. The first-order chi connectivity index (χ1) is 9.88. The first-order valence-electron chi connectivity index (χ1n) is 8.86. The average molecular weight is 299 g/mol. The smallest absolute Gasteiger partial charge is 0.0589 e. The molecule has 1 aliphatic rings. The molecule has 0 amide bonds. The summed E-state index contributed by atoms with van der Waals surface area (Å²) in [7, 11) is 1.80. The van der Waals surface area contributed by atoms with E-state index in [9.17, 15) is 0 Å². The third-order valence-electron chi connectivity index (χ3n) is 6.21. The van der Waals surface area contributed by atoms with Gasteiger partial charge in [0, 0.05) is 32.3 Å². The molecule has 126 valence electrons. The highest BCUT2D eigenvalue weighted by Crippen LogP contribution is 2.44. The maximum atomic E-state index is 6.31. The second kappa shape index (κ2) is 8.50. The Morgan fingerprint density at radius 2 is 1.86 bits per heavy atom. The molecule has 0 aromatic heterocycles. The van der Waals surface area contributed by atoms with Crippen molar-refractivity contribution in [2.24, 2.45) is 23.0 Å². The fourth-order valence-corrected chi connectivity index (χ4v) is 3.99. The van der Waals surface area contributed by atoms with E-state index in [-0.39, 0.29) is 0 Å². The van der Waals surface area contributed by atoms with E-state index in [1.807, 2.05) is 0 Å². The Kier molecular flexibility index (Phi) is 7.66. The number of hydrogen-bond acceptors (Lipinski definition) is 3. The quantitative estimate of drug-likeness (QED) is 0.745. The maximum Gasteiger partial charge on any atom is 0.0589 e. The summed E-state index contributed by atoms with van der Waals surface area (Å²) in [6, 6.07) is 1.05. The van der Waals surface area contributed by atoms with Crippen molar-refractivity contribution in [3.63, 3.8) is 0 Å². The van der Waals surface area contributed by atoms with Crippen LogP contribution in [0.2, 0.25) is 0 Å². The second-order valence-corrected chi connectivity index (χ2v) is 7.51. The number of nitrogens with zero attached hydrogens (tertiary/aromatic N) is 1. The predicted molar refractivity (Wildman–Crippen MR) is 91.5 cm³/mol. The molecular formula is C18H38N2O. The van der Waals surface area contributed by atoms with Gasteiger partial charge >= 0.3 is 0 Å². The van der Waals surface area contributed by atoms with Crippen LogP contribution in [0.5, 0.6) is 0 Å². The fourth-order valence-electron chi connectivity index (χ4n) is 3.99.